The Hall–Kier alpha value is -1.88. The largest absolute Gasteiger partial charge is 0.395 e. The second-order valence-corrected chi connectivity index (χ2v) is 7.77. The van der Waals surface area contributed by atoms with Gasteiger partial charge in [-0.1, -0.05) is 0 Å². The molecule has 0 bridgehead atoms. The molecule has 154 valence electrons. The Bertz CT molecular complexity index is 910. The molecule has 4 N–H and O–H groups in total. The van der Waals surface area contributed by atoms with Crippen LogP contribution in [0.4, 0.5) is 8.78 Å². The molecule has 8 nitrogen and oxygen atoms in total. The molecule has 10 heteroatoms. The first kappa shape index (κ1) is 19.4. The summed E-state index contributed by atoms with van der Waals surface area (Å²) in [5, 5.41) is 9.26. The lowest BCUT2D eigenvalue weighted by Gasteiger charge is -2.37. The van der Waals surface area contributed by atoms with Crippen molar-refractivity contribution in [1.82, 2.24) is 14.5 Å². The Balaban J connectivity index is 1.77. The van der Waals surface area contributed by atoms with Gasteiger partial charge in [0.25, 0.3) is 5.56 Å². The van der Waals surface area contributed by atoms with Gasteiger partial charge in [0, 0.05) is 38.2 Å². The zero-order chi connectivity index (χ0) is 20.2. The Morgan fingerprint density at radius 3 is 2.71 bits per heavy atom. The minimum atomic E-state index is -1.32. The Kier molecular flexibility index (Phi) is 4.98. The maximum Gasteiger partial charge on any atom is 0.328 e. The molecule has 5 unspecified atom stereocenters. The van der Waals surface area contributed by atoms with E-state index in [0.29, 0.717) is 5.69 Å². The number of fused-ring (bicyclic) bond motifs is 1. The quantitative estimate of drug-likeness (QED) is 0.635. The van der Waals surface area contributed by atoms with Crippen LogP contribution >= 0.6 is 0 Å². The smallest absolute Gasteiger partial charge is 0.328 e. The lowest BCUT2D eigenvalue weighted by molar-refractivity contribution is 0.0173. The first-order valence-corrected chi connectivity index (χ1v) is 9.40. The Labute approximate surface area is 159 Å². The predicted octanol–water partition coefficient (Wildman–Crippen LogP) is -0.159. The third-order valence-corrected chi connectivity index (χ3v) is 5.98. The highest BCUT2D eigenvalue weighted by Gasteiger charge is 2.47. The number of alkyl halides is 1. The van der Waals surface area contributed by atoms with Crippen LogP contribution in [-0.4, -0.2) is 64.6 Å². The average Bonchev–Trinajstić information content (AvgIpc) is 3.42. The van der Waals surface area contributed by atoms with Crippen LogP contribution in [0.15, 0.2) is 15.4 Å². The van der Waals surface area contributed by atoms with Crippen LogP contribution in [0.2, 0.25) is 0 Å². The van der Waals surface area contributed by atoms with Gasteiger partial charge in [0.2, 0.25) is 0 Å². The SMILES string of the molecule is COC1c2c(c(=O)[nH]c(=O)n2C2CC2)C=C(F)C1N1CC(F)C(C(N)CO)C1. The second kappa shape index (κ2) is 7.18. The highest BCUT2D eigenvalue weighted by molar-refractivity contribution is 5.58. The van der Waals surface area contributed by atoms with Gasteiger partial charge >= 0.3 is 5.69 Å². The molecule has 2 aliphatic carbocycles. The number of aromatic nitrogens is 2. The Morgan fingerprint density at radius 1 is 1.39 bits per heavy atom. The number of methoxy groups -OCH3 is 1. The highest BCUT2D eigenvalue weighted by Crippen LogP contribution is 2.43. The lowest BCUT2D eigenvalue weighted by Crippen LogP contribution is -2.46. The minimum absolute atomic E-state index is 0.0611. The molecule has 1 aromatic heterocycles. The third kappa shape index (κ3) is 3.04. The van der Waals surface area contributed by atoms with Crippen molar-refractivity contribution in [2.45, 2.75) is 43.2 Å². The first-order valence-electron chi connectivity index (χ1n) is 9.40. The van der Waals surface area contributed by atoms with Crippen LogP contribution in [0.25, 0.3) is 6.08 Å². The summed E-state index contributed by atoms with van der Waals surface area (Å²) in [6, 6.07) is -1.79. The summed E-state index contributed by atoms with van der Waals surface area (Å²) in [7, 11) is 1.38. The monoisotopic (exact) mass is 398 g/mol. The number of likely N-dealkylation sites (tertiary alicyclic amines) is 1. The van der Waals surface area contributed by atoms with Gasteiger partial charge < -0.3 is 15.6 Å². The van der Waals surface area contributed by atoms with Gasteiger partial charge in [-0.15, -0.1) is 0 Å². The van der Waals surface area contributed by atoms with E-state index in [0.717, 1.165) is 18.9 Å². The van der Waals surface area contributed by atoms with E-state index in [4.69, 9.17) is 10.5 Å². The average molecular weight is 398 g/mol. The number of aromatic amines is 1. The summed E-state index contributed by atoms with van der Waals surface area (Å²) in [5.41, 5.74) is 4.98. The molecular weight excluding hydrogens is 374 g/mol. The lowest BCUT2D eigenvalue weighted by atomic mass is 9.93. The number of aliphatic hydroxyl groups is 1. The van der Waals surface area contributed by atoms with Crippen molar-refractivity contribution in [3.8, 4) is 0 Å². The normalized spacial score (nSPS) is 31.5. The number of halogens is 2. The molecule has 1 aliphatic heterocycles. The zero-order valence-corrected chi connectivity index (χ0v) is 15.5. The van der Waals surface area contributed by atoms with E-state index in [1.54, 1.807) is 4.90 Å². The molecule has 0 radical (unpaired) electrons. The van der Waals surface area contributed by atoms with Gasteiger partial charge in [0.15, 0.2) is 0 Å². The molecule has 2 fully saturated rings. The molecule has 3 aliphatic rings. The molecule has 5 atom stereocenters. The summed E-state index contributed by atoms with van der Waals surface area (Å²) in [6.07, 6.45) is 0.426. The van der Waals surface area contributed by atoms with Crippen molar-refractivity contribution < 1.29 is 18.6 Å². The number of nitrogens with two attached hydrogens (primary N) is 1. The van der Waals surface area contributed by atoms with E-state index in [-0.39, 0.29) is 31.3 Å². The van der Waals surface area contributed by atoms with Crippen LogP contribution in [0.3, 0.4) is 0 Å². The van der Waals surface area contributed by atoms with E-state index in [9.17, 15) is 19.1 Å². The standard InChI is InChI=1S/C18H24F2N4O4/c1-28-16-14-9(17(26)22-18(27)24(14)8-2-3-8)4-11(19)15(16)23-5-10(12(20)6-23)13(21)7-25/h4,8,10,12-13,15-16,25H,2-3,5-7,21H2,1H3,(H,22,26,27). The van der Waals surface area contributed by atoms with E-state index in [2.05, 4.69) is 4.98 Å². The first-order chi connectivity index (χ1) is 13.4. The van der Waals surface area contributed by atoms with E-state index in [1.165, 1.54) is 11.7 Å². The molecule has 1 saturated carbocycles. The molecule has 0 aromatic carbocycles. The number of nitrogens with zero attached hydrogens (tertiary/aromatic N) is 2. The summed E-state index contributed by atoms with van der Waals surface area (Å²) >= 11 is 0. The Morgan fingerprint density at radius 2 is 2.11 bits per heavy atom. The van der Waals surface area contributed by atoms with Crippen molar-refractivity contribution in [2.75, 3.05) is 26.8 Å². The highest BCUT2D eigenvalue weighted by atomic mass is 19.1. The number of nitrogens with one attached hydrogen (secondary N) is 1. The van der Waals surface area contributed by atoms with Crippen molar-refractivity contribution >= 4 is 6.08 Å². The fourth-order valence-corrected chi connectivity index (χ4v) is 4.41. The number of ether oxygens (including phenoxy) is 1. The summed E-state index contributed by atoms with van der Waals surface area (Å²) in [6.45, 7) is -0.299. The maximum atomic E-state index is 15.1. The van der Waals surface area contributed by atoms with E-state index < -0.39 is 47.4 Å². The molecule has 28 heavy (non-hydrogen) atoms. The van der Waals surface area contributed by atoms with Crippen molar-refractivity contribution in [1.29, 1.82) is 0 Å². The summed E-state index contributed by atoms with van der Waals surface area (Å²) in [4.78, 5) is 28.5. The van der Waals surface area contributed by atoms with Crippen LogP contribution in [0, 0.1) is 5.92 Å². The van der Waals surface area contributed by atoms with E-state index >= 15 is 4.39 Å². The van der Waals surface area contributed by atoms with E-state index in [1.807, 2.05) is 0 Å². The van der Waals surface area contributed by atoms with Crippen LogP contribution in [0.5, 0.6) is 0 Å². The number of rotatable bonds is 5. The zero-order valence-electron chi connectivity index (χ0n) is 15.5. The second-order valence-electron chi connectivity index (χ2n) is 7.77. The van der Waals surface area contributed by atoms with Crippen molar-refractivity contribution in [3.63, 3.8) is 0 Å². The molecule has 2 heterocycles. The van der Waals surface area contributed by atoms with Gasteiger partial charge in [-0.2, -0.15) is 0 Å². The molecule has 0 amide bonds. The van der Waals surface area contributed by atoms with Gasteiger partial charge in [-0.25, -0.2) is 13.6 Å². The summed E-state index contributed by atoms with van der Waals surface area (Å²) < 4.78 is 36.6. The number of hydrogen-bond acceptors (Lipinski definition) is 6. The predicted molar refractivity (Wildman–Crippen MR) is 97.2 cm³/mol. The number of aliphatic hydroxyl groups excluding tert-OH is 1. The van der Waals surface area contributed by atoms with Crippen molar-refractivity contribution in [3.05, 3.63) is 37.9 Å². The van der Waals surface area contributed by atoms with Crippen LogP contribution in [0.1, 0.15) is 36.2 Å². The molecule has 1 aromatic rings. The molecule has 1 saturated heterocycles. The minimum Gasteiger partial charge on any atom is -0.395 e. The van der Waals surface area contributed by atoms with Gasteiger partial charge in [-0.3, -0.25) is 19.2 Å². The van der Waals surface area contributed by atoms with Gasteiger partial charge in [0.1, 0.15) is 18.1 Å². The number of hydrogen-bond donors (Lipinski definition) is 3. The van der Waals surface area contributed by atoms with Crippen LogP contribution < -0.4 is 17.0 Å². The topological polar surface area (TPSA) is 114 Å². The molecule has 4 rings (SSSR count). The third-order valence-electron chi connectivity index (χ3n) is 5.98. The number of H-pyrrole nitrogens is 1. The fraction of sp³-hybridized carbons (Fsp3) is 0.667. The van der Waals surface area contributed by atoms with Gasteiger partial charge in [-0.05, 0) is 18.9 Å². The van der Waals surface area contributed by atoms with Crippen molar-refractivity contribution in [2.24, 2.45) is 11.7 Å². The van der Waals surface area contributed by atoms with Gasteiger partial charge in [0.05, 0.1) is 23.9 Å². The molecule has 0 spiro atoms. The summed E-state index contributed by atoms with van der Waals surface area (Å²) in [5.74, 6) is -1.27. The molecular formula is C18H24F2N4O4. The maximum absolute atomic E-state index is 15.1. The fourth-order valence-electron chi connectivity index (χ4n) is 4.41. The van der Waals surface area contributed by atoms with Crippen LogP contribution in [-0.2, 0) is 4.74 Å².